The van der Waals surface area contributed by atoms with Crippen LogP contribution < -0.4 is 5.32 Å². The van der Waals surface area contributed by atoms with E-state index in [1.807, 2.05) is 47.3 Å². The summed E-state index contributed by atoms with van der Waals surface area (Å²) in [5, 5.41) is 7.40. The maximum Gasteiger partial charge on any atom is 0.229 e. The molecule has 1 fully saturated rings. The molecule has 1 amide bonds. The molecule has 1 aliphatic carbocycles. The van der Waals surface area contributed by atoms with Gasteiger partial charge in [-0.05, 0) is 42.5 Å². The Hall–Kier alpha value is -2.95. The van der Waals surface area contributed by atoms with E-state index in [4.69, 9.17) is 0 Å². The Labute approximate surface area is 153 Å². The Morgan fingerprint density at radius 3 is 2.85 bits per heavy atom. The highest BCUT2D eigenvalue weighted by Gasteiger charge is 2.44. The van der Waals surface area contributed by atoms with Crippen LogP contribution in [0.5, 0.6) is 0 Å². The van der Waals surface area contributed by atoms with Crippen LogP contribution in [0.2, 0.25) is 0 Å². The van der Waals surface area contributed by atoms with Gasteiger partial charge in [0.15, 0.2) is 5.82 Å². The summed E-state index contributed by atoms with van der Waals surface area (Å²) in [6, 6.07) is 16.1. The number of nitrogens with zero attached hydrogens (tertiary/aromatic N) is 3. The lowest BCUT2D eigenvalue weighted by Gasteiger charge is -2.05. The molecule has 5 nitrogen and oxygen atoms in total. The van der Waals surface area contributed by atoms with Crippen molar-refractivity contribution >= 4 is 11.7 Å². The van der Waals surface area contributed by atoms with Crippen molar-refractivity contribution in [2.24, 2.45) is 5.92 Å². The summed E-state index contributed by atoms with van der Waals surface area (Å²) in [5.74, 6) is 1.07. The van der Waals surface area contributed by atoms with Gasteiger partial charge >= 0.3 is 0 Å². The van der Waals surface area contributed by atoms with Crippen molar-refractivity contribution in [2.75, 3.05) is 5.32 Å². The molecule has 1 saturated carbocycles. The number of pyridine rings is 1. The summed E-state index contributed by atoms with van der Waals surface area (Å²) < 4.78 is 1.84. The Kier molecular flexibility index (Phi) is 4.52. The lowest BCUT2D eigenvalue weighted by atomic mass is 10.0. The smallest absolute Gasteiger partial charge is 0.229 e. The van der Waals surface area contributed by atoms with Crippen molar-refractivity contribution in [2.45, 2.75) is 32.2 Å². The largest absolute Gasteiger partial charge is 0.309 e. The second-order valence-corrected chi connectivity index (χ2v) is 6.83. The van der Waals surface area contributed by atoms with Gasteiger partial charge < -0.3 is 5.32 Å². The highest BCUT2D eigenvalue weighted by molar-refractivity contribution is 5.94. The lowest BCUT2D eigenvalue weighted by Crippen LogP contribution is -2.15. The van der Waals surface area contributed by atoms with Gasteiger partial charge in [0.05, 0.1) is 0 Å². The zero-order chi connectivity index (χ0) is 17.9. The first-order chi connectivity index (χ1) is 12.7. The lowest BCUT2D eigenvalue weighted by molar-refractivity contribution is -0.117. The first-order valence-electron chi connectivity index (χ1n) is 9.00. The van der Waals surface area contributed by atoms with Gasteiger partial charge in [-0.2, -0.15) is 5.10 Å². The van der Waals surface area contributed by atoms with Gasteiger partial charge in [0.1, 0.15) is 0 Å². The van der Waals surface area contributed by atoms with E-state index in [1.54, 1.807) is 6.20 Å². The number of amides is 1. The summed E-state index contributed by atoms with van der Waals surface area (Å²) in [7, 11) is 0. The van der Waals surface area contributed by atoms with Crippen molar-refractivity contribution in [1.82, 2.24) is 14.8 Å². The molecule has 0 saturated heterocycles. The Morgan fingerprint density at radius 2 is 2.04 bits per heavy atom. The number of rotatable bonds is 6. The topological polar surface area (TPSA) is 59.8 Å². The van der Waals surface area contributed by atoms with E-state index in [1.165, 1.54) is 11.1 Å². The molecular formula is C21H22N4O. The molecule has 1 aliphatic rings. The molecule has 4 rings (SSSR count). The predicted octanol–water partition coefficient (Wildman–Crippen LogP) is 3.57. The van der Waals surface area contributed by atoms with Crippen molar-refractivity contribution in [3.63, 3.8) is 0 Å². The number of benzene rings is 1. The number of anilines is 1. The van der Waals surface area contributed by atoms with Crippen LogP contribution in [0.1, 0.15) is 29.2 Å². The highest BCUT2D eigenvalue weighted by Crippen LogP contribution is 2.48. The van der Waals surface area contributed by atoms with E-state index >= 15 is 0 Å². The number of carbonyl (C=O) groups is 1. The summed E-state index contributed by atoms with van der Waals surface area (Å²) in [4.78, 5) is 16.8. The van der Waals surface area contributed by atoms with Crippen molar-refractivity contribution in [1.29, 1.82) is 0 Å². The van der Waals surface area contributed by atoms with Crippen molar-refractivity contribution in [3.05, 3.63) is 77.7 Å². The molecule has 2 unspecified atom stereocenters. The maximum absolute atomic E-state index is 12.5. The quantitative estimate of drug-likeness (QED) is 0.742. The summed E-state index contributed by atoms with van der Waals surface area (Å²) in [5.41, 5.74) is 3.58. The molecule has 0 bridgehead atoms. The first kappa shape index (κ1) is 16.5. The van der Waals surface area contributed by atoms with Crippen LogP contribution in [0.15, 0.2) is 60.9 Å². The van der Waals surface area contributed by atoms with Gasteiger partial charge in [-0.1, -0.05) is 30.3 Å². The van der Waals surface area contributed by atoms with E-state index in [2.05, 4.69) is 34.5 Å². The third-order valence-corrected chi connectivity index (χ3v) is 4.93. The zero-order valence-corrected chi connectivity index (χ0v) is 14.8. The second-order valence-electron chi connectivity index (χ2n) is 6.83. The molecule has 1 aromatic carbocycles. The van der Waals surface area contributed by atoms with Crippen molar-refractivity contribution in [3.8, 4) is 0 Å². The monoisotopic (exact) mass is 346 g/mol. The van der Waals surface area contributed by atoms with Crippen LogP contribution in [-0.4, -0.2) is 20.7 Å². The van der Waals surface area contributed by atoms with E-state index in [-0.39, 0.29) is 11.8 Å². The summed E-state index contributed by atoms with van der Waals surface area (Å²) in [6.07, 6.45) is 5.42. The molecule has 2 atom stereocenters. The number of aromatic nitrogens is 3. The fourth-order valence-corrected chi connectivity index (χ4v) is 3.38. The minimum Gasteiger partial charge on any atom is -0.309 e. The SMILES string of the molecule is Cc1ccccc1C1CC1C(=O)Nc1ccn(CCc2ccccn2)n1. The zero-order valence-electron chi connectivity index (χ0n) is 14.8. The van der Waals surface area contributed by atoms with E-state index < -0.39 is 0 Å². The molecule has 0 aliphatic heterocycles. The Balaban J connectivity index is 1.32. The molecule has 5 heteroatoms. The maximum atomic E-state index is 12.5. The molecule has 0 spiro atoms. The normalized spacial score (nSPS) is 18.5. The molecule has 3 aromatic rings. The Morgan fingerprint density at radius 1 is 1.19 bits per heavy atom. The van der Waals surface area contributed by atoms with Gasteiger partial charge in [-0.3, -0.25) is 14.5 Å². The third kappa shape index (κ3) is 3.67. The van der Waals surface area contributed by atoms with Gasteiger partial charge in [0.2, 0.25) is 5.91 Å². The van der Waals surface area contributed by atoms with Crippen LogP contribution in [0.3, 0.4) is 0 Å². The van der Waals surface area contributed by atoms with Gasteiger partial charge in [0.25, 0.3) is 0 Å². The number of aryl methyl sites for hydroxylation is 3. The van der Waals surface area contributed by atoms with Gasteiger partial charge in [-0.25, -0.2) is 0 Å². The van der Waals surface area contributed by atoms with Gasteiger partial charge in [-0.15, -0.1) is 0 Å². The number of nitrogens with one attached hydrogen (secondary N) is 1. The van der Waals surface area contributed by atoms with Crippen LogP contribution in [0, 0.1) is 12.8 Å². The first-order valence-corrected chi connectivity index (χ1v) is 9.00. The summed E-state index contributed by atoms with van der Waals surface area (Å²) in [6.45, 7) is 2.84. The standard InChI is InChI=1S/C21H22N4O/c1-15-6-2-3-8-17(15)18-14-19(18)21(26)23-20-10-13-25(24-20)12-9-16-7-4-5-11-22-16/h2-8,10-11,13,18-19H,9,12,14H2,1H3,(H,23,24,26). The predicted molar refractivity (Wildman–Crippen MR) is 101 cm³/mol. The molecule has 1 N–H and O–H groups in total. The van der Waals surface area contributed by atoms with E-state index in [9.17, 15) is 4.79 Å². The number of carbonyl (C=O) groups excluding carboxylic acids is 1. The minimum atomic E-state index is 0.0507. The van der Waals surface area contributed by atoms with Crippen molar-refractivity contribution < 1.29 is 4.79 Å². The fraction of sp³-hybridized carbons (Fsp3) is 0.286. The average molecular weight is 346 g/mol. The minimum absolute atomic E-state index is 0.0507. The third-order valence-electron chi connectivity index (χ3n) is 4.93. The van der Waals surface area contributed by atoms with Crippen LogP contribution in [0.25, 0.3) is 0 Å². The second kappa shape index (κ2) is 7.12. The molecule has 2 heterocycles. The summed E-state index contributed by atoms with van der Waals surface area (Å²) >= 11 is 0. The van der Waals surface area contributed by atoms with Gasteiger partial charge in [0, 0.05) is 43.0 Å². The number of hydrogen-bond donors (Lipinski definition) is 1. The van der Waals surface area contributed by atoms with E-state index in [0.29, 0.717) is 11.7 Å². The van der Waals surface area contributed by atoms with Crippen LogP contribution in [0.4, 0.5) is 5.82 Å². The average Bonchev–Trinajstić information content (AvgIpc) is 3.34. The Bertz CT molecular complexity index is 903. The molecule has 26 heavy (non-hydrogen) atoms. The molecular weight excluding hydrogens is 324 g/mol. The molecule has 132 valence electrons. The number of hydrogen-bond acceptors (Lipinski definition) is 3. The van der Waals surface area contributed by atoms with Crippen LogP contribution in [-0.2, 0) is 17.8 Å². The fourth-order valence-electron chi connectivity index (χ4n) is 3.38. The molecule has 0 radical (unpaired) electrons. The van der Waals surface area contributed by atoms with Crippen LogP contribution >= 0.6 is 0 Å². The highest BCUT2D eigenvalue weighted by atomic mass is 16.2. The molecule has 2 aromatic heterocycles. The van der Waals surface area contributed by atoms with E-state index in [0.717, 1.165) is 25.1 Å².